The van der Waals surface area contributed by atoms with Crippen molar-refractivity contribution in [2.75, 3.05) is 31.9 Å². The van der Waals surface area contributed by atoms with Crippen molar-refractivity contribution in [2.45, 2.75) is 37.4 Å². The summed E-state index contributed by atoms with van der Waals surface area (Å²) in [6, 6.07) is 0.876. The van der Waals surface area contributed by atoms with E-state index < -0.39 is 27.4 Å². The van der Waals surface area contributed by atoms with Crippen molar-refractivity contribution in [1.29, 1.82) is 0 Å². The molecule has 29 heavy (non-hydrogen) atoms. The molecular formula is C17H22F3N5O3S. The maximum absolute atomic E-state index is 12.8. The second kappa shape index (κ2) is 7.08. The van der Waals surface area contributed by atoms with E-state index >= 15 is 0 Å². The van der Waals surface area contributed by atoms with Crippen LogP contribution in [0.15, 0.2) is 12.4 Å². The van der Waals surface area contributed by atoms with Crippen molar-refractivity contribution in [1.82, 2.24) is 24.5 Å². The van der Waals surface area contributed by atoms with E-state index in [1.807, 2.05) is 0 Å². The average Bonchev–Trinajstić information content (AvgIpc) is 2.96. The highest BCUT2D eigenvalue weighted by Gasteiger charge is 2.52. The van der Waals surface area contributed by atoms with Gasteiger partial charge >= 0.3 is 12.2 Å². The Morgan fingerprint density at radius 2 is 1.90 bits per heavy atom. The van der Waals surface area contributed by atoms with Gasteiger partial charge in [-0.25, -0.2) is 27.9 Å². The Balaban J connectivity index is 1.27. The average molecular weight is 433 g/mol. The van der Waals surface area contributed by atoms with Gasteiger partial charge in [-0.3, -0.25) is 0 Å². The molecule has 1 aromatic heterocycles. The number of carbonyl (C=O) groups is 1. The molecule has 0 aliphatic carbocycles. The quantitative estimate of drug-likeness (QED) is 0.758. The SMILES string of the molecule is O=C(N1CCC(Cc2cc(C(F)(F)F)ncn2)CC1)N1CC2(CCS(=O)(=O)N2)C1. The van der Waals surface area contributed by atoms with E-state index in [0.717, 1.165) is 12.4 Å². The number of halogens is 3. The van der Waals surface area contributed by atoms with E-state index in [0.29, 0.717) is 57.6 Å². The molecule has 0 unspecified atom stereocenters. The van der Waals surface area contributed by atoms with Crippen molar-refractivity contribution >= 4 is 16.1 Å². The lowest BCUT2D eigenvalue weighted by Gasteiger charge is -2.49. The lowest BCUT2D eigenvalue weighted by Crippen LogP contribution is -2.70. The zero-order valence-electron chi connectivity index (χ0n) is 15.7. The van der Waals surface area contributed by atoms with E-state index in [4.69, 9.17) is 0 Å². The topological polar surface area (TPSA) is 95.5 Å². The minimum absolute atomic E-state index is 0.0967. The molecule has 0 saturated carbocycles. The molecule has 3 fully saturated rings. The van der Waals surface area contributed by atoms with Gasteiger partial charge in [-0.15, -0.1) is 0 Å². The number of aromatic nitrogens is 2. The van der Waals surface area contributed by atoms with Crippen LogP contribution in [0.5, 0.6) is 0 Å². The molecule has 3 aliphatic rings. The number of alkyl halides is 3. The molecule has 160 valence electrons. The summed E-state index contributed by atoms with van der Waals surface area (Å²) in [5.74, 6) is 0.249. The lowest BCUT2D eigenvalue weighted by molar-refractivity contribution is -0.141. The number of nitrogens with zero attached hydrogens (tertiary/aromatic N) is 4. The third-order valence-electron chi connectivity index (χ3n) is 5.88. The standard InChI is InChI=1S/C17H22F3N5O3S/c18-17(19,20)14-8-13(21-11-22-14)7-12-1-4-24(5-2-12)15(26)25-9-16(10-25)3-6-29(27,28)23-16/h8,11-12,23H,1-7,9-10H2. The summed E-state index contributed by atoms with van der Waals surface area (Å²) >= 11 is 0. The first kappa shape index (κ1) is 20.3. The molecule has 0 atom stereocenters. The number of hydrogen-bond donors (Lipinski definition) is 1. The van der Waals surface area contributed by atoms with Crippen LogP contribution in [0, 0.1) is 5.92 Å². The summed E-state index contributed by atoms with van der Waals surface area (Å²) in [5, 5.41) is 0. The molecule has 3 saturated heterocycles. The summed E-state index contributed by atoms with van der Waals surface area (Å²) < 4.78 is 64.1. The van der Waals surface area contributed by atoms with Crippen LogP contribution in [-0.2, 0) is 22.6 Å². The maximum atomic E-state index is 12.8. The van der Waals surface area contributed by atoms with Gasteiger partial charge in [-0.1, -0.05) is 0 Å². The van der Waals surface area contributed by atoms with Gasteiger partial charge in [0.15, 0.2) is 0 Å². The number of likely N-dealkylation sites (tertiary alicyclic amines) is 2. The molecule has 4 rings (SSSR count). The van der Waals surface area contributed by atoms with Crippen molar-refractivity contribution in [2.24, 2.45) is 5.92 Å². The van der Waals surface area contributed by atoms with Crippen LogP contribution in [0.25, 0.3) is 0 Å². The fourth-order valence-electron chi connectivity index (χ4n) is 4.29. The fourth-order valence-corrected chi connectivity index (χ4v) is 5.94. The van der Waals surface area contributed by atoms with Crippen LogP contribution in [0.4, 0.5) is 18.0 Å². The number of hydrogen-bond acceptors (Lipinski definition) is 5. The van der Waals surface area contributed by atoms with Gasteiger partial charge in [0.05, 0.1) is 11.3 Å². The molecule has 1 N–H and O–H groups in total. The fraction of sp³-hybridized carbons (Fsp3) is 0.706. The molecular weight excluding hydrogens is 411 g/mol. The lowest BCUT2D eigenvalue weighted by atomic mass is 9.88. The normalized spacial score (nSPS) is 24.0. The summed E-state index contributed by atoms with van der Waals surface area (Å²) in [6.07, 6.45) is -1.25. The number of rotatable bonds is 2. The van der Waals surface area contributed by atoms with Gasteiger partial charge in [0.25, 0.3) is 0 Å². The van der Waals surface area contributed by atoms with Crippen LogP contribution in [-0.4, -0.2) is 71.7 Å². The molecule has 0 radical (unpaired) electrons. The molecule has 4 heterocycles. The van der Waals surface area contributed by atoms with Crippen LogP contribution < -0.4 is 4.72 Å². The Kier molecular flexibility index (Phi) is 4.96. The Labute approximate surface area is 166 Å². The van der Waals surface area contributed by atoms with Gasteiger partial charge < -0.3 is 9.80 Å². The largest absolute Gasteiger partial charge is 0.433 e. The Bertz CT molecular complexity index is 894. The zero-order chi connectivity index (χ0) is 20.9. The van der Waals surface area contributed by atoms with E-state index in [1.54, 1.807) is 9.80 Å². The van der Waals surface area contributed by atoms with Crippen molar-refractivity contribution < 1.29 is 26.4 Å². The van der Waals surface area contributed by atoms with E-state index in [2.05, 4.69) is 14.7 Å². The number of carbonyl (C=O) groups excluding carboxylic acids is 1. The molecule has 12 heteroatoms. The smallest absolute Gasteiger partial charge is 0.325 e. The monoisotopic (exact) mass is 433 g/mol. The second-order valence-electron chi connectivity index (χ2n) is 8.12. The van der Waals surface area contributed by atoms with Crippen LogP contribution in [0.3, 0.4) is 0 Å². The summed E-state index contributed by atoms with van der Waals surface area (Å²) in [4.78, 5) is 23.2. The summed E-state index contributed by atoms with van der Waals surface area (Å²) in [6.45, 7) is 1.81. The molecule has 2 amide bonds. The van der Waals surface area contributed by atoms with Gasteiger partial charge in [0.2, 0.25) is 10.0 Å². The van der Waals surface area contributed by atoms with E-state index in [9.17, 15) is 26.4 Å². The molecule has 1 spiro atoms. The minimum Gasteiger partial charge on any atom is -0.325 e. The highest BCUT2D eigenvalue weighted by molar-refractivity contribution is 7.89. The molecule has 3 aliphatic heterocycles. The van der Waals surface area contributed by atoms with Crippen molar-refractivity contribution in [3.63, 3.8) is 0 Å². The van der Waals surface area contributed by atoms with Gasteiger partial charge in [-0.05, 0) is 37.7 Å². The number of piperidine rings is 1. The third-order valence-corrected chi connectivity index (χ3v) is 7.36. The Morgan fingerprint density at radius 1 is 1.21 bits per heavy atom. The van der Waals surface area contributed by atoms with E-state index in [1.165, 1.54) is 0 Å². The predicted octanol–water partition coefficient (Wildman–Crippen LogP) is 1.25. The Hall–Kier alpha value is -1.95. The first-order valence-corrected chi connectivity index (χ1v) is 11.1. The molecule has 8 nitrogen and oxygen atoms in total. The third kappa shape index (κ3) is 4.32. The van der Waals surface area contributed by atoms with Gasteiger partial charge in [0.1, 0.15) is 12.0 Å². The molecule has 0 bridgehead atoms. The van der Waals surface area contributed by atoms with Gasteiger partial charge in [-0.2, -0.15) is 13.2 Å². The first-order chi connectivity index (χ1) is 13.6. The minimum atomic E-state index is -4.49. The predicted molar refractivity (Wildman–Crippen MR) is 96.3 cm³/mol. The molecule has 0 aromatic carbocycles. The van der Waals surface area contributed by atoms with E-state index in [-0.39, 0.29) is 17.7 Å². The maximum Gasteiger partial charge on any atom is 0.433 e. The van der Waals surface area contributed by atoms with Gasteiger partial charge in [0, 0.05) is 31.9 Å². The van der Waals surface area contributed by atoms with Crippen LogP contribution in [0.2, 0.25) is 0 Å². The Morgan fingerprint density at radius 3 is 2.48 bits per heavy atom. The van der Waals surface area contributed by atoms with Crippen LogP contribution in [0.1, 0.15) is 30.7 Å². The first-order valence-electron chi connectivity index (χ1n) is 9.49. The summed E-state index contributed by atoms with van der Waals surface area (Å²) in [7, 11) is -3.22. The second-order valence-corrected chi connectivity index (χ2v) is 9.96. The van der Waals surface area contributed by atoms with Crippen LogP contribution >= 0.6 is 0 Å². The number of urea groups is 1. The number of sulfonamides is 1. The highest BCUT2D eigenvalue weighted by Crippen LogP contribution is 2.33. The zero-order valence-corrected chi connectivity index (χ0v) is 16.5. The molecule has 1 aromatic rings. The highest BCUT2D eigenvalue weighted by atomic mass is 32.2. The summed E-state index contributed by atoms with van der Waals surface area (Å²) in [5.41, 5.74) is -1.09. The number of nitrogens with one attached hydrogen (secondary N) is 1. The van der Waals surface area contributed by atoms with Crippen molar-refractivity contribution in [3.05, 3.63) is 23.8 Å². The number of amides is 2. The van der Waals surface area contributed by atoms with Crippen molar-refractivity contribution in [3.8, 4) is 0 Å².